The molecule has 0 spiro atoms. The molecule has 1 N–H and O–H groups in total. The molecule has 94 valence electrons. The molecule has 0 aliphatic rings. The number of carbonyl (C=O) groups excluding carboxylic acids is 1. The standard InChI is InChI=1S/C10H10BrF2NO3/c1-2-17-10(16)8-6(4-11)5(9(12)13)3-7(15)14-8/h3,9H,2,4H2,1H3,(H,14,15). The van der Waals surface area contributed by atoms with E-state index >= 15 is 0 Å². The highest BCUT2D eigenvalue weighted by molar-refractivity contribution is 9.08. The summed E-state index contributed by atoms with van der Waals surface area (Å²) >= 11 is 3.01. The predicted molar refractivity (Wildman–Crippen MR) is 60.6 cm³/mol. The molecule has 0 radical (unpaired) electrons. The number of alkyl halides is 3. The second-order valence-electron chi connectivity index (χ2n) is 3.10. The van der Waals surface area contributed by atoms with Crippen LogP contribution in [-0.2, 0) is 10.1 Å². The minimum Gasteiger partial charge on any atom is -0.461 e. The van der Waals surface area contributed by atoms with Crippen LogP contribution in [0.1, 0.15) is 35.0 Å². The molecule has 0 fully saturated rings. The maximum Gasteiger partial charge on any atom is 0.355 e. The van der Waals surface area contributed by atoms with E-state index in [0.29, 0.717) is 0 Å². The van der Waals surface area contributed by atoms with Gasteiger partial charge in [0.1, 0.15) is 5.69 Å². The van der Waals surface area contributed by atoms with Crippen molar-refractivity contribution in [3.8, 4) is 0 Å². The first-order valence-corrected chi connectivity index (χ1v) is 5.90. The number of hydrogen-bond acceptors (Lipinski definition) is 3. The van der Waals surface area contributed by atoms with Crippen molar-refractivity contribution in [1.29, 1.82) is 0 Å². The fraction of sp³-hybridized carbons (Fsp3) is 0.400. The smallest absolute Gasteiger partial charge is 0.355 e. The molecular formula is C10H10BrF2NO3. The maximum absolute atomic E-state index is 12.7. The molecule has 17 heavy (non-hydrogen) atoms. The van der Waals surface area contributed by atoms with Crippen LogP contribution in [0.15, 0.2) is 10.9 Å². The van der Waals surface area contributed by atoms with Crippen molar-refractivity contribution in [2.45, 2.75) is 18.7 Å². The lowest BCUT2D eigenvalue weighted by molar-refractivity contribution is 0.0517. The predicted octanol–water partition coefficient (Wildman–Crippen LogP) is 2.38. The molecule has 1 aromatic rings. The van der Waals surface area contributed by atoms with Gasteiger partial charge in [-0.2, -0.15) is 0 Å². The summed E-state index contributed by atoms with van der Waals surface area (Å²) in [7, 11) is 0. The summed E-state index contributed by atoms with van der Waals surface area (Å²) in [5.74, 6) is -0.818. The van der Waals surface area contributed by atoms with Gasteiger partial charge in [0, 0.05) is 22.5 Å². The van der Waals surface area contributed by atoms with E-state index < -0.39 is 23.5 Å². The molecule has 0 atom stereocenters. The maximum atomic E-state index is 12.7. The lowest BCUT2D eigenvalue weighted by Crippen LogP contribution is -2.19. The molecule has 0 aromatic carbocycles. The molecule has 1 rings (SSSR count). The molecule has 0 amide bonds. The van der Waals surface area contributed by atoms with Crippen molar-refractivity contribution in [2.24, 2.45) is 0 Å². The zero-order valence-electron chi connectivity index (χ0n) is 8.93. The van der Waals surface area contributed by atoms with Crippen LogP contribution < -0.4 is 5.56 Å². The summed E-state index contributed by atoms with van der Waals surface area (Å²) in [5.41, 5.74) is -1.41. The molecule has 4 nitrogen and oxygen atoms in total. The van der Waals surface area contributed by atoms with Crippen LogP contribution in [0.4, 0.5) is 8.78 Å². The summed E-state index contributed by atoms with van der Waals surface area (Å²) in [6.07, 6.45) is -2.82. The van der Waals surface area contributed by atoms with Gasteiger partial charge in [0.2, 0.25) is 5.56 Å². The van der Waals surface area contributed by atoms with Crippen LogP contribution >= 0.6 is 15.9 Å². The van der Waals surface area contributed by atoms with Gasteiger partial charge in [0.05, 0.1) is 6.61 Å². The highest BCUT2D eigenvalue weighted by atomic mass is 79.9. The van der Waals surface area contributed by atoms with Gasteiger partial charge in [-0.15, -0.1) is 0 Å². The van der Waals surface area contributed by atoms with E-state index in [2.05, 4.69) is 25.7 Å². The number of hydrogen-bond donors (Lipinski definition) is 1. The average molecular weight is 310 g/mol. The Bertz CT molecular complexity index is 473. The molecule has 1 aromatic heterocycles. The molecule has 7 heteroatoms. The second kappa shape index (κ2) is 5.90. The van der Waals surface area contributed by atoms with E-state index in [4.69, 9.17) is 0 Å². The molecule has 1 heterocycles. The van der Waals surface area contributed by atoms with Gasteiger partial charge in [0.15, 0.2) is 0 Å². The summed E-state index contributed by atoms with van der Waals surface area (Å²) in [5, 5.41) is 0.0254. The number of ether oxygens (including phenoxy) is 1. The zero-order chi connectivity index (χ0) is 13.0. The summed E-state index contributed by atoms with van der Waals surface area (Å²) in [4.78, 5) is 24.9. The van der Waals surface area contributed by atoms with Crippen molar-refractivity contribution in [3.63, 3.8) is 0 Å². The Morgan fingerprint density at radius 2 is 2.24 bits per heavy atom. The van der Waals surface area contributed by atoms with E-state index in [1.807, 2.05) is 0 Å². The number of aromatic amines is 1. The average Bonchev–Trinajstić information content (AvgIpc) is 2.28. The van der Waals surface area contributed by atoms with Crippen LogP contribution in [-0.4, -0.2) is 17.6 Å². The minimum absolute atomic E-state index is 0.0254. The van der Waals surface area contributed by atoms with Crippen LogP contribution in [0.2, 0.25) is 0 Å². The largest absolute Gasteiger partial charge is 0.461 e. The third kappa shape index (κ3) is 3.12. The molecule has 0 unspecified atom stereocenters. The lowest BCUT2D eigenvalue weighted by atomic mass is 10.1. The van der Waals surface area contributed by atoms with Gasteiger partial charge < -0.3 is 9.72 Å². The number of carbonyl (C=O) groups is 1. The Hall–Kier alpha value is -1.24. The number of esters is 1. The lowest BCUT2D eigenvalue weighted by Gasteiger charge is -2.10. The van der Waals surface area contributed by atoms with Crippen LogP contribution in [0.5, 0.6) is 0 Å². The Morgan fingerprint density at radius 1 is 1.59 bits per heavy atom. The molecule has 0 aliphatic carbocycles. The van der Waals surface area contributed by atoms with E-state index in [1.54, 1.807) is 6.92 Å². The third-order valence-corrected chi connectivity index (χ3v) is 2.59. The van der Waals surface area contributed by atoms with Gasteiger partial charge in [-0.05, 0) is 6.92 Å². The second-order valence-corrected chi connectivity index (χ2v) is 3.66. The van der Waals surface area contributed by atoms with Crippen LogP contribution in [0, 0.1) is 0 Å². The van der Waals surface area contributed by atoms with Gasteiger partial charge in [-0.25, -0.2) is 13.6 Å². The first kappa shape index (κ1) is 13.8. The van der Waals surface area contributed by atoms with Crippen molar-refractivity contribution in [2.75, 3.05) is 6.61 Å². The number of pyridine rings is 1. The molecular weight excluding hydrogens is 300 g/mol. The summed E-state index contributed by atoms with van der Waals surface area (Å²) < 4.78 is 30.1. The minimum atomic E-state index is -2.82. The topological polar surface area (TPSA) is 59.2 Å². The normalized spacial score (nSPS) is 10.6. The van der Waals surface area contributed by atoms with E-state index in [-0.39, 0.29) is 23.2 Å². The summed E-state index contributed by atoms with van der Waals surface area (Å²) in [6, 6.07) is 0.782. The highest BCUT2D eigenvalue weighted by Gasteiger charge is 2.21. The molecule has 0 saturated heterocycles. The first-order chi connectivity index (χ1) is 8.01. The van der Waals surface area contributed by atoms with Crippen molar-refractivity contribution in [3.05, 3.63) is 33.2 Å². The SMILES string of the molecule is CCOC(=O)c1[nH]c(=O)cc(C(F)F)c1CBr. The Kier molecular flexibility index (Phi) is 4.80. The van der Waals surface area contributed by atoms with Crippen LogP contribution in [0.25, 0.3) is 0 Å². The quantitative estimate of drug-likeness (QED) is 0.686. The third-order valence-electron chi connectivity index (χ3n) is 2.03. The van der Waals surface area contributed by atoms with E-state index in [0.717, 1.165) is 6.07 Å². The van der Waals surface area contributed by atoms with Crippen LogP contribution in [0.3, 0.4) is 0 Å². The monoisotopic (exact) mass is 309 g/mol. The van der Waals surface area contributed by atoms with Crippen molar-refractivity contribution >= 4 is 21.9 Å². The fourth-order valence-electron chi connectivity index (χ4n) is 1.32. The number of nitrogens with one attached hydrogen (secondary N) is 1. The number of H-pyrrole nitrogens is 1. The number of aromatic nitrogens is 1. The Labute approximate surface area is 104 Å². The number of halogens is 3. The fourth-order valence-corrected chi connectivity index (χ4v) is 1.93. The Balaban J connectivity index is 3.38. The Morgan fingerprint density at radius 3 is 2.71 bits per heavy atom. The number of rotatable bonds is 4. The van der Waals surface area contributed by atoms with Gasteiger partial charge in [-0.1, -0.05) is 15.9 Å². The van der Waals surface area contributed by atoms with Crippen molar-refractivity contribution < 1.29 is 18.3 Å². The summed E-state index contributed by atoms with van der Waals surface area (Å²) in [6.45, 7) is 1.68. The molecule has 0 bridgehead atoms. The van der Waals surface area contributed by atoms with Crippen molar-refractivity contribution in [1.82, 2.24) is 4.98 Å². The zero-order valence-corrected chi connectivity index (χ0v) is 10.5. The molecule has 0 aliphatic heterocycles. The van der Waals surface area contributed by atoms with Gasteiger partial charge >= 0.3 is 5.97 Å². The highest BCUT2D eigenvalue weighted by Crippen LogP contribution is 2.25. The van der Waals surface area contributed by atoms with Gasteiger partial charge in [-0.3, -0.25) is 4.79 Å². The van der Waals surface area contributed by atoms with Gasteiger partial charge in [0.25, 0.3) is 6.43 Å². The van der Waals surface area contributed by atoms with E-state index in [1.165, 1.54) is 0 Å². The molecule has 0 saturated carbocycles. The first-order valence-electron chi connectivity index (χ1n) is 4.78. The van der Waals surface area contributed by atoms with E-state index in [9.17, 15) is 18.4 Å².